The van der Waals surface area contributed by atoms with Gasteiger partial charge in [-0.3, -0.25) is 20.2 Å². The maximum absolute atomic E-state index is 12.6. The van der Waals surface area contributed by atoms with E-state index in [9.17, 15) is 14.9 Å². The second-order valence-electron chi connectivity index (χ2n) is 7.56. The summed E-state index contributed by atoms with van der Waals surface area (Å²) in [6.45, 7) is 0. The number of furan rings is 1. The molecule has 0 aliphatic heterocycles. The summed E-state index contributed by atoms with van der Waals surface area (Å²) in [6, 6.07) is 21.4. The first-order valence-electron chi connectivity index (χ1n) is 10.5. The molecule has 9 nitrogen and oxygen atoms in total. The number of carbonyl (C=O) groups excluding carboxylic acids is 1. The average Bonchev–Trinajstić information content (AvgIpc) is 3.53. The van der Waals surface area contributed by atoms with Crippen molar-refractivity contribution in [1.29, 1.82) is 0 Å². The zero-order valence-electron chi connectivity index (χ0n) is 18.2. The van der Waals surface area contributed by atoms with Gasteiger partial charge in [-0.15, -0.1) is 0 Å². The molecule has 0 radical (unpaired) electrons. The van der Waals surface area contributed by atoms with Crippen LogP contribution >= 0.6 is 23.8 Å². The molecule has 0 aliphatic rings. The predicted octanol–water partition coefficient (Wildman–Crippen LogP) is 6.44. The zero-order chi connectivity index (χ0) is 25.2. The van der Waals surface area contributed by atoms with Gasteiger partial charge in [0.1, 0.15) is 11.3 Å². The minimum absolute atomic E-state index is 0.0103. The van der Waals surface area contributed by atoms with Crippen molar-refractivity contribution in [2.45, 2.75) is 0 Å². The van der Waals surface area contributed by atoms with Gasteiger partial charge in [0.2, 0.25) is 5.89 Å². The van der Waals surface area contributed by atoms with Crippen LogP contribution in [-0.4, -0.2) is 20.9 Å². The topological polar surface area (TPSA) is 123 Å². The van der Waals surface area contributed by atoms with Crippen LogP contribution in [0, 0.1) is 10.1 Å². The molecule has 0 unspecified atom stereocenters. The molecule has 0 bridgehead atoms. The Hall–Kier alpha value is -4.54. The summed E-state index contributed by atoms with van der Waals surface area (Å²) in [5.74, 6) is 0.0636. The number of hydrogen-bond acceptors (Lipinski definition) is 7. The van der Waals surface area contributed by atoms with Gasteiger partial charge in [0, 0.05) is 23.4 Å². The second-order valence-corrected chi connectivity index (χ2v) is 8.38. The Labute approximate surface area is 213 Å². The van der Waals surface area contributed by atoms with E-state index in [1.165, 1.54) is 24.3 Å². The summed E-state index contributed by atoms with van der Waals surface area (Å²) >= 11 is 11.6. The number of benzene rings is 3. The molecule has 178 valence electrons. The van der Waals surface area contributed by atoms with Crippen LogP contribution in [0.5, 0.6) is 0 Å². The smallest absolute Gasteiger partial charge is 0.293 e. The third-order valence-corrected chi connectivity index (χ3v) is 5.68. The Kier molecular flexibility index (Phi) is 6.19. The first-order chi connectivity index (χ1) is 17.4. The third-order valence-electron chi connectivity index (χ3n) is 5.15. The molecule has 0 saturated carbocycles. The van der Waals surface area contributed by atoms with Crippen LogP contribution in [0.4, 0.5) is 11.4 Å². The quantitative estimate of drug-likeness (QED) is 0.155. The summed E-state index contributed by atoms with van der Waals surface area (Å²) in [5, 5.41) is 16.9. The number of nitrogens with one attached hydrogen (secondary N) is 2. The van der Waals surface area contributed by atoms with Crippen molar-refractivity contribution in [2.24, 2.45) is 0 Å². The predicted molar refractivity (Wildman–Crippen MR) is 139 cm³/mol. The summed E-state index contributed by atoms with van der Waals surface area (Å²) < 4.78 is 11.4. The van der Waals surface area contributed by atoms with Crippen molar-refractivity contribution < 1.29 is 18.6 Å². The fourth-order valence-electron chi connectivity index (χ4n) is 3.47. The molecule has 36 heavy (non-hydrogen) atoms. The van der Waals surface area contributed by atoms with Gasteiger partial charge in [-0.05, 0) is 54.7 Å². The highest BCUT2D eigenvalue weighted by Gasteiger charge is 2.17. The van der Waals surface area contributed by atoms with E-state index in [0.717, 1.165) is 0 Å². The average molecular weight is 519 g/mol. The molecule has 0 saturated heterocycles. The Morgan fingerprint density at radius 2 is 1.83 bits per heavy atom. The zero-order valence-corrected chi connectivity index (χ0v) is 19.8. The van der Waals surface area contributed by atoms with Crippen LogP contribution in [0.3, 0.4) is 0 Å². The van der Waals surface area contributed by atoms with E-state index < -0.39 is 10.8 Å². The van der Waals surface area contributed by atoms with E-state index in [1.54, 1.807) is 30.3 Å². The van der Waals surface area contributed by atoms with Gasteiger partial charge in [0.25, 0.3) is 11.6 Å². The lowest BCUT2D eigenvalue weighted by atomic mass is 10.1. The lowest BCUT2D eigenvalue weighted by Gasteiger charge is -2.10. The number of halogens is 1. The molecule has 0 fully saturated rings. The van der Waals surface area contributed by atoms with Gasteiger partial charge in [0.15, 0.2) is 16.5 Å². The number of non-ortho nitro benzene ring substituents is 1. The van der Waals surface area contributed by atoms with Gasteiger partial charge < -0.3 is 14.2 Å². The number of aromatic nitrogens is 1. The molecule has 5 aromatic rings. The van der Waals surface area contributed by atoms with Crippen molar-refractivity contribution in [3.05, 3.63) is 99.8 Å². The number of fused-ring (bicyclic) bond motifs is 1. The molecule has 0 atom stereocenters. The van der Waals surface area contributed by atoms with Gasteiger partial charge in [-0.2, -0.15) is 0 Å². The Balaban J connectivity index is 1.29. The molecule has 1 amide bonds. The number of thiocarbonyl (C=S) groups is 1. The number of nitrogens with zero attached hydrogens (tertiary/aromatic N) is 2. The minimum Gasteiger partial charge on any atom is -0.451 e. The van der Waals surface area contributed by atoms with E-state index in [-0.39, 0.29) is 16.6 Å². The summed E-state index contributed by atoms with van der Waals surface area (Å²) in [4.78, 5) is 27.6. The van der Waals surface area contributed by atoms with E-state index in [4.69, 9.17) is 32.7 Å². The standard InChI is InChI=1S/C25H15ClN4O5S/c26-18-9-8-15(13-17(18)24-28-19-6-1-2-7-21(19)35-24)27-25(36)29-23(31)22-11-10-20(34-22)14-4-3-5-16(12-14)30(32)33/h1-13H,(H2,27,29,31,36). The molecule has 3 aromatic carbocycles. The molecule has 2 heterocycles. The molecule has 11 heteroatoms. The van der Waals surface area contributed by atoms with Crippen LogP contribution < -0.4 is 10.6 Å². The highest BCUT2D eigenvalue weighted by atomic mass is 35.5. The lowest BCUT2D eigenvalue weighted by molar-refractivity contribution is -0.384. The number of amides is 1. The monoisotopic (exact) mass is 518 g/mol. The number of hydrogen-bond donors (Lipinski definition) is 2. The van der Waals surface area contributed by atoms with E-state index >= 15 is 0 Å². The molecule has 0 spiro atoms. The van der Waals surface area contributed by atoms with Crippen molar-refractivity contribution >= 4 is 57.3 Å². The van der Waals surface area contributed by atoms with Gasteiger partial charge in [0.05, 0.1) is 15.5 Å². The summed E-state index contributed by atoms with van der Waals surface area (Å²) in [5.41, 5.74) is 2.83. The van der Waals surface area contributed by atoms with Crippen LogP contribution in [0.2, 0.25) is 5.02 Å². The number of carbonyl (C=O) groups is 1. The van der Waals surface area contributed by atoms with E-state index in [0.29, 0.717) is 44.6 Å². The minimum atomic E-state index is -0.586. The number of para-hydroxylation sites is 2. The number of rotatable bonds is 5. The number of oxazole rings is 1. The molecule has 2 aromatic heterocycles. The molecule has 0 aliphatic carbocycles. The summed E-state index contributed by atoms with van der Waals surface area (Å²) in [7, 11) is 0. The van der Waals surface area contributed by atoms with Crippen molar-refractivity contribution in [3.8, 4) is 22.8 Å². The second kappa shape index (κ2) is 9.61. The fourth-order valence-corrected chi connectivity index (χ4v) is 3.88. The molecule has 5 rings (SSSR count). The number of nitro benzene ring substituents is 1. The van der Waals surface area contributed by atoms with Crippen LogP contribution in [0.15, 0.2) is 87.7 Å². The van der Waals surface area contributed by atoms with Crippen LogP contribution in [0.25, 0.3) is 33.9 Å². The normalized spacial score (nSPS) is 10.8. The highest BCUT2D eigenvalue weighted by Crippen LogP contribution is 2.32. The highest BCUT2D eigenvalue weighted by molar-refractivity contribution is 7.80. The molecular weight excluding hydrogens is 504 g/mol. The van der Waals surface area contributed by atoms with Gasteiger partial charge >= 0.3 is 0 Å². The maximum atomic E-state index is 12.6. The van der Waals surface area contributed by atoms with Gasteiger partial charge in [-0.1, -0.05) is 35.9 Å². The third kappa shape index (κ3) is 4.81. The Bertz CT molecular complexity index is 1610. The maximum Gasteiger partial charge on any atom is 0.293 e. The molecular formula is C25H15ClN4O5S. The van der Waals surface area contributed by atoms with Crippen molar-refractivity contribution in [3.63, 3.8) is 0 Å². The summed E-state index contributed by atoms with van der Waals surface area (Å²) in [6.07, 6.45) is 0. The lowest BCUT2D eigenvalue weighted by Crippen LogP contribution is -2.33. The Morgan fingerprint density at radius 1 is 1.00 bits per heavy atom. The number of nitro groups is 1. The van der Waals surface area contributed by atoms with Crippen LogP contribution in [-0.2, 0) is 0 Å². The Morgan fingerprint density at radius 3 is 2.64 bits per heavy atom. The van der Waals surface area contributed by atoms with E-state index in [2.05, 4.69) is 15.6 Å². The number of anilines is 1. The first kappa shape index (κ1) is 23.2. The van der Waals surface area contributed by atoms with Crippen LogP contribution in [0.1, 0.15) is 10.6 Å². The fraction of sp³-hybridized carbons (Fsp3) is 0. The largest absolute Gasteiger partial charge is 0.451 e. The SMILES string of the molecule is O=C(NC(=S)Nc1ccc(Cl)c(-c2nc3ccccc3o2)c1)c1ccc(-c2cccc([N+](=O)[O-])c2)o1. The van der Waals surface area contributed by atoms with Gasteiger partial charge in [-0.25, -0.2) is 4.98 Å². The van der Waals surface area contributed by atoms with Crippen molar-refractivity contribution in [1.82, 2.24) is 10.3 Å². The van der Waals surface area contributed by atoms with E-state index in [1.807, 2.05) is 24.3 Å². The molecule has 2 N–H and O–H groups in total. The van der Waals surface area contributed by atoms with Crippen molar-refractivity contribution in [2.75, 3.05) is 5.32 Å². The first-order valence-corrected chi connectivity index (χ1v) is 11.3.